The number of benzene rings is 3. The Morgan fingerprint density at radius 2 is 1.58 bits per heavy atom. The minimum atomic E-state index is -0.231. The van der Waals surface area contributed by atoms with Crippen LogP contribution in [0.2, 0.25) is 0 Å². The average molecular weight is 428 g/mol. The molecule has 4 aromatic rings. The van der Waals surface area contributed by atoms with Crippen molar-refractivity contribution in [2.75, 3.05) is 5.32 Å². The van der Waals surface area contributed by atoms with Crippen LogP contribution in [-0.4, -0.2) is 15.7 Å². The Labute approximate surface area is 184 Å². The van der Waals surface area contributed by atoms with Gasteiger partial charge >= 0.3 is 0 Å². The molecule has 0 saturated heterocycles. The van der Waals surface area contributed by atoms with Gasteiger partial charge in [-0.05, 0) is 67.9 Å². The summed E-state index contributed by atoms with van der Waals surface area (Å²) in [5.74, 6) is -0.204. The van der Waals surface area contributed by atoms with Gasteiger partial charge in [0.15, 0.2) is 0 Å². The van der Waals surface area contributed by atoms with Gasteiger partial charge in [-0.3, -0.25) is 9.59 Å². The van der Waals surface area contributed by atoms with Crippen LogP contribution >= 0.6 is 11.8 Å². The molecule has 0 fully saturated rings. The van der Waals surface area contributed by atoms with E-state index in [9.17, 15) is 9.59 Å². The number of anilines is 1. The van der Waals surface area contributed by atoms with Crippen LogP contribution in [0.5, 0.6) is 0 Å². The molecular weight excluding hydrogens is 406 g/mol. The SMILES string of the molecule is Cc1ccc(Sc2ccc(=O)n(-c3ccc(C(=O)Nc4ccccc4C)cc3)n2)cc1. The topological polar surface area (TPSA) is 64.0 Å². The Bertz CT molecular complexity index is 1280. The summed E-state index contributed by atoms with van der Waals surface area (Å²) >= 11 is 1.49. The standard InChI is InChI=1S/C25H21N3O2S/c1-17-7-13-21(14-8-17)31-23-15-16-24(29)28(27-23)20-11-9-19(10-12-20)25(30)26-22-6-4-3-5-18(22)2/h3-16H,1-2H3,(H,26,30). The zero-order chi connectivity index (χ0) is 21.8. The quantitative estimate of drug-likeness (QED) is 0.472. The number of hydrogen-bond acceptors (Lipinski definition) is 4. The van der Waals surface area contributed by atoms with Gasteiger partial charge in [-0.25, -0.2) is 0 Å². The van der Waals surface area contributed by atoms with Crippen molar-refractivity contribution in [1.82, 2.24) is 9.78 Å². The summed E-state index contributed by atoms with van der Waals surface area (Å²) in [5, 5.41) is 8.10. The molecule has 5 nitrogen and oxygen atoms in total. The molecule has 1 N–H and O–H groups in total. The van der Waals surface area contributed by atoms with E-state index < -0.39 is 0 Å². The number of rotatable bonds is 5. The van der Waals surface area contributed by atoms with Crippen molar-refractivity contribution in [2.45, 2.75) is 23.8 Å². The third-order valence-corrected chi connectivity index (χ3v) is 5.72. The normalized spacial score (nSPS) is 10.6. The monoisotopic (exact) mass is 427 g/mol. The molecule has 154 valence electrons. The van der Waals surface area contributed by atoms with E-state index in [4.69, 9.17) is 0 Å². The Balaban J connectivity index is 1.54. The van der Waals surface area contributed by atoms with Gasteiger partial charge in [0.2, 0.25) is 0 Å². The van der Waals surface area contributed by atoms with E-state index in [1.807, 2.05) is 62.4 Å². The summed E-state index contributed by atoms with van der Waals surface area (Å²) in [6.45, 7) is 3.98. The number of aromatic nitrogens is 2. The predicted octanol–water partition coefficient (Wildman–Crippen LogP) is 5.25. The molecular formula is C25H21N3O2S. The second kappa shape index (κ2) is 9.02. The first-order valence-corrected chi connectivity index (χ1v) is 10.6. The number of nitrogens with one attached hydrogen (secondary N) is 1. The zero-order valence-corrected chi connectivity index (χ0v) is 18.0. The van der Waals surface area contributed by atoms with E-state index in [0.29, 0.717) is 16.3 Å². The molecule has 1 heterocycles. The highest BCUT2D eigenvalue weighted by atomic mass is 32.2. The summed E-state index contributed by atoms with van der Waals surface area (Å²) in [6, 6.07) is 25.8. The van der Waals surface area contributed by atoms with Crippen molar-refractivity contribution < 1.29 is 4.79 Å². The van der Waals surface area contributed by atoms with Crippen LogP contribution in [0.1, 0.15) is 21.5 Å². The van der Waals surface area contributed by atoms with Crippen LogP contribution < -0.4 is 10.9 Å². The number of para-hydroxylation sites is 1. The smallest absolute Gasteiger partial charge is 0.271 e. The summed E-state index contributed by atoms with van der Waals surface area (Å²) in [4.78, 5) is 26.0. The van der Waals surface area contributed by atoms with Gasteiger partial charge < -0.3 is 5.32 Å². The zero-order valence-electron chi connectivity index (χ0n) is 17.2. The van der Waals surface area contributed by atoms with Crippen molar-refractivity contribution in [2.24, 2.45) is 0 Å². The third kappa shape index (κ3) is 4.92. The van der Waals surface area contributed by atoms with Crippen LogP contribution in [0.25, 0.3) is 5.69 Å². The van der Waals surface area contributed by atoms with Crippen LogP contribution in [0, 0.1) is 13.8 Å². The number of carbonyl (C=O) groups is 1. The Hall–Kier alpha value is -3.64. The van der Waals surface area contributed by atoms with E-state index in [2.05, 4.69) is 10.4 Å². The summed E-state index contributed by atoms with van der Waals surface area (Å²) in [5.41, 5.74) is 3.83. The molecule has 1 aromatic heterocycles. The van der Waals surface area contributed by atoms with Crippen LogP contribution in [0.3, 0.4) is 0 Å². The molecule has 0 bridgehead atoms. The summed E-state index contributed by atoms with van der Waals surface area (Å²) in [7, 11) is 0. The second-order valence-electron chi connectivity index (χ2n) is 7.15. The summed E-state index contributed by atoms with van der Waals surface area (Å²) in [6.07, 6.45) is 0. The van der Waals surface area contributed by atoms with Crippen LogP contribution in [0.4, 0.5) is 5.69 Å². The molecule has 3 aromatic carbocycles. The first-order chi connectivity index (χ1) is 15.0. The molecule has 1 amide bonds. The lowest BCUT2D eigenvalue weighted by Gasteiger charge is -2.10. The molecule has 0 spiro atoms. The average Bonchev–Trinajstić information content (AvgIpc) is 2.78. The Morgan fingerprint density at radius 1 is 0.871 bits per heavy atom. The van der Waals surface area contributed by atoms with Gasteiger partial charge in [0.1, 0.15) is 5.03 Å². The highest BCUT2D eigenvalue weighted by molar-refractivity contribution is 7.99. The van der Waals surface area contributed by atoms with Crippen molar-refractivity contribution >= 4 is 23.4 Å². The molecule has 4 rings (SSSR count). The predicted molar refractivity (Wildman–Crippen MR) is 124 cm³/mol. The van der Waals surface area contributed by atoms with Crippen LogP contribution in [0.15, 0.2) is 99.6 Å². The van der Waals surface area contributed by atoms with Crippen molar-refractivity contribution in [3.05, 3.63) is 112 Å². The first kappa shape index (κ1) is 20.6. The van der Waals surface area contributed by atoms with E-state index in [1.165, 1.54) is 28.1 Å². The molecule has 0 aliphatic rings. The maximum absolute atomic E-state index is 12.6. The minimum Gasteiger partial charge on any atom is -0.322 e. The number of amides is 1. The second-order valence-corrected chi connectivity index (χ2v) is 8.25. The molecule has 6 heteroatoms. The highest BCUT2D eigenvalue weighted by Crippen LogP contribution is 2.25. The number of hydrogen-bond donors (Lipinski definition) is 1. The number of aryl methyl sites for hydroxylation is 2. The van der Waals surface area contributed by atoms with Gasteiger partial charge in [0, 0.05) is 22.2 Å². The van der Waals surface area contributed by atoms with Gasteiger partial charge in [0.05, 0.1) is 5.69 Å². The minimum absolute atomic E-state index is 0.204. The Morgan fingerprint density at radius 3 is 2.29 bits per heavy atom. The first-order valence-electron chi connectivity index (χ1n) is 9.82. The fourth-order valence-electron chi connectivity index (χ4n) is 3.02. The van der Waals surface area contributed by atoms with Gasteiger partial charge in [-0.2, -0.15) is 9.78 Å². The Kier molecular flexibility index (Phi) is 6.00. The number of nitrogens with zero attached hydrogens (tertiary/aromatic N) is 2. The molecule has 0 saturated carbocycles. The van der Waals surface area contributed by atoms with E-state index >= 15 is 0 Å². The molecule has 0 radical (unpaired) electrons. The van der Waals surface area contributed by atoms with E-state index in [-0.39, 0.29) is 11.5 Å². The maximum Gasteiger partial charge on any atom is 0.271 e. The summed E-state index contributed by atoms with van der Waals surface area (Å²) < 4.78 is 1.35. The molecule has 0 atom stereocenters. The van der Waals surface area contributed by atoms with Crippen molar-refractivity contribution in [3.63, 3.8) is 0 Å². The van der Waals surface area contributed by atoms with Gasteiger partial charge in [-0.15, -0.1) is 0 Å². The van der Waals surface area contributed by atoms with E-state index in [1.54, 1.807) is 30.3 Å². The lowest BCUT2D eigenvalue weighted by atomic mass is 10.1. The largest absolute Gasteiger partial charge is 0.322 e. The van der Waals surface area contributed by atoms with Crippen LogP contribution in [-0.2, 0) is 0 Å². The lowest BCUT2D eigenvalue weighted by Crippen LogP contribution is -2.20. The fourth-order valence-corrected chi connectivity index (χ4v) is 3.79. The molecule has 31 heavy (non-hydrogen) atoms. The third-order valence-electron chi connectivity index (χ3n) is 4.79. The lowest BCUT2D eigenvalue weighted by molar-refractivity contribution is 0.102. The van der Waals surface area contributed by atoms with Crippen molar-refractivity contribution in [3.8, 4) is 5.69 Å². The van der Waals surface area contributed by atoms with E-state index in [0.717, 1.165) is 16.1 Å². The molecule has 0 aliphatic heterocycles. The van der Waals surface area contributed by atoms with Crippen molar-refractivity contribution in [1.29, 1.82) is 0 Å². The van der Waals surface area contributed by atoms with Gasteiger partial charge in [0.25, 0.3) is 11.5 Å². The number of carbonyl (C=O) groups excluding carboxylic acids is 1. The molecule has 0 unspecified atom stereocenters. The maximum atomic E-state index is 12.6. The fraction of sp³-hybridized carbons (Fsp3) is 0.0800. The molecule has 0 aliphatic carbocycles. The highest BCUT2D eigenvalue weighted by Gasteiger charge is 2.10. The van der Waals surface area contributed by atoms with Gasteiger partial charge in [-0.1, -0.05) is 47.7 Å².